The van der Waals surface area contributed by atoms with E-state index >= 15 is 0 Å². The summed E-state index contributed by atoms with van der Waals surface area (Å²) < 4.78 is 5.20. The second-order valence-corrected chi connectivity index (χ2v) is 5.09. The quantitative estimate of drug-likeness (QED) is 0.469. The first-order valence-electron chi connectivity index (χ1n) is 7.04. The molecule has 1 unspecified atom stereocenters. The fourth-order valence-electron chi connectivity index (χ4n) is 3.10. The topological polar surface area (TPSA) is 43.4 Å². The average molecular weight is 272 g/mol. The van der Waals surface area contributed by atoms with Gasteiger partial charge in [-0.05, 0) is 25.3 Å². The Bertz CT molecular complexity index is 506. The Hall–Kier alpha value is -1.90. The number of hydrogen-bond acceptors (Lipinski definition) is 3. The summed E-state index contributed by atoms with van der Waals surface area (Å²) in [5, 5.41) is 0. The van der Waals surface area contributed by atoms with E-state index in [1.807, 2.05) is 30.3 Å². The third kappa shape index (κ3) is 2.28. The largest absolute Gasteiger partial charge is 0.465 e. The lowest BCUT2D eigenvalue weighted by atomic mass is 9.70. The van der Waals surface area contributed by atoms with Crippen molar-refractivity contribution in [3.8, 4) is 0 Å². The summed E-state index contributed by atoms with van der Waals surface area (Å²) in [7, 11) is 0. The van der Waals surface area contributed by atoms with Gasteiger partial charge < -0.3 is 4.74 Å². The highest BCUT2D eigenvalue weighted by Crippen LogP contribution is 2.48. The smallest absolute Gasteiger partial charge is 0.320 e. The van der Waals surface area contributed by atoms with Crippen LogP contribution < -0.4 is 0 Å². The summed E-state index contributed by atoms with van der Waals surface area (Å²) in [6, 6.07) is 9.59. The second kappa shape index (κ2) is 6.04. The maximum Gasteiger partial charge on any atom is 0.320 e. The Morgan fingerprint density at radius 1 is 1.45 bits per heavy atom. The number of esters is 1. The molecule has 0 aromatic heterocycles. The van der Waals surface area contributed by atoms with Gasteiger partial charge in [0.05, 0.1) is 6.61 Å². The van der Waals surface area contributed by atoms with Crippen LogP contribution in [-0.4, -0.2) is 18.4 Å². The van der Waals surface area contributed by atoms with Crippen molar-refractivity contribution in [2.75, 3.05) is 6.61 Å². The molecule has 20 heavy (non-hydrogen) atoms. The highest BCUT2D eigenvalue weighted by atomic mass is 16.5. The van der Waals surface area contributed by atoms with Crippen LogP contribution in [-0.2, 0) is 14.3 Å². The zero-order valence-electron chi connectivity index (χ0n) is 11.8. The number of Topliss-reactive ketones (excluding diaryl/α,β-unsaturated/α-hetero) is 1. The van der Waals surface area contributed by atoms with E-state index < -0.39 is 11.4 Å². The van der Waals surface area contributed by atoms with Gasteiger partial charge in [-0.1, -0.05) is 36.4 Å². The monoisotopic (exact) mass is 272 g/mol. The number of carbonyl (C=O) groups excluding carboxylic acids is 2. The molecule has 106 valence electrons. The second-order valence-electron chi connectivity index (χ2n) is 5.09. The van der Waals surface area contributed by atoms with Gasteiger partial charge in [-0.3, -0.25) is 9.59 Å². The molecule has 0 bridgehead atoms. The van der Waals surface area contributed by atoms with Gasteiger partial charge in [0.2, 0.25) is 0 Å². The Morgan fingerprint density at radius 3 is 2.65 bits per heavy atom. The Morgan fingerprint density at radius 2 is 2.15 bits per heavy atom. The van der Waals surface area contributed by atoms with E-state index in [9.17, 15) is 9.59 Å². The first kappa shape index (κ1) is 14.5. The molecular formula is C17H20O3. The lowest BCUT2D eigenvalue weighted by Gasteiger charge is -2.32. The molecule has 1 aromatic carbocycles. The van der Waals surface area contributed by atoms with E-state index in [0.717, 1.165) is 12.0 Å². The van der Waals surface area contributed by atoms with Crippen LogP contribution in [0.3, 0.4) is 0 Å². The summed E-state index contributed by atoms with van der Waals surface area (Å²) in [6.45, 7) is 5.89. The molecule has 0 radical (unpaired) electrons. The van der Waals surface area contributed by atoms with Gasteiger partial charge in [-0.2, -0.15) is 0 Å². The van der Waals surface area contributed by atoms with Gasteiger partial charge in [0.15, 0.2) is 5.78 Å². The molecule has 1 saturated carbocycles. The number of ketones is 1. The number of carbonyl (C=O) groups is 2. The van der Waals surface area contributed by atoms with E-state index in [0.29, 0.717) is 12.8 Å². The molecule has 3 nitrogen and oxygen atoms in total. The minimum atomic E-state index is -1.08. The van der Waals surface area contributed by atoms with E-state index in [2.05, 4.69) is 6.58 Å². The average Bonchev–Trinajstić information content (AvgIpc) is 2.84. The zero-order chi connectivity index (χ0) is 14.6. The molecule has 0 N–H and O–H groups in total. The number of allylic oxidation sites excluding steroid dienone is 1. The van der Waals surface area contributed by atoms with Crippen LogP contribution in [0.25, 0.3) is 0 Å². The molecule has 0 aliphatic heterocycles. The minimum Gasteiger partial charge on any atom is -0.465 e. The summed E-state index contributed by atoms with van der Waals surface area (Å²) in [5.74, 6) is -0.751. The SMILES string of the molecule is C=CC(c1ccccc1)[C@]1(C(=O)OCC)CCCC1=O. The van der Waals surface area contributed by atoms with E-state index in [4.69, 9.17) is 4.74 Å². The van der Waals surface area contributed by atoms with Crippen LogP contribution in [0.2, 0.25) is 0 Å². The minimum absolute atomic E-state index is 0.0234. The van der Waals surface area contributed by atoms with Crippen LogP contribution >= 0.6 is 0 Å². The molecule has 0 spiro atoms. The lowest BCUT2D eigenvalue weighted by molar-refractivity contribution is -0.159. The normalized spacial score (nSPS) is 23.4. The van der Waals surface area contributed by atoms with Gasteiger partial charge >= 0.3 is 5.97 Å². The van der Waals surface area contributed by atoms with Crippen LogP contribution in [0.1, 0.15) is 37.7 Å². The van der Waals surface area contributed by atoms with Crippen molar-refractivity contribution < 1.29 is 14.3 Å². The van der Waals surface area contributed by atoms with Crippen LogP contribution in [0.5, 0.6) is 0 Å². The van der Waals surface area contributed by atoms with Gasteiger partial charge in [-0.15, -0.1) is 6.58 Å². The van der Waals surface area contributed by atoms with Gasteiger partial charge in [-0.25, -0.2) is 0 Å². The van der Waals surface area contributed by atoms with Crippen molar-refractivity contribution in [1.29, 1.82) is 0 Å². The molecule has 1 aromatic rings. The number of rotatable bonds is 5. The molecule has 2 atom stereocenters. The summed E-state index contributed by atoms with van der Waals surface area (Å²) in [4.78, 5) is 24.9. The first-order chi connectivity index (χ1) is 9.66. The van der Waals surface area contributed by atoms with Crippen molar-refractivity contribution in [3.63, 3.8) is 0 Å². The van der Waals surface area contributed by atoms with Crippen molar-refractivity contribution in [2.45, 2.75) is 32.1 Å². The molecule has 1 aliphatic rings. The van der Waals surface area contributed by atoms with Crippen LogP contribution in [0, 0.1) is 5.41 Å². The standard InChI is InChI=1S/C17H20O3/c1-3-14(13-9-6-5-7-10-13)17(16(19)20-4-2)12-8-11-15(17)18/h3,5-7,9-10,14H,1,4,8,11-12H2,2H3/t14?,17-/m1/s1. The summed E-state index contributed by atoms with van der Waals surface area (Å²) in [6.07, 6.45) is 3.41. The van der Waals surface area contributed by atoms with E-state index in [1.165, 1.54) is 0 Å². The Labute approximate surface area is 119 Å². The van der Waals surface area contributed by atoms with E-state index in [-0.39, 0.29) is 18.3 Å². The molecule has 2 rings (SSSR count). The fraction of sp³-hybridized carbons (Fsp3) is 0.412. The van der Waals surface area contributed by atoms with Crippen molar-refractivity contribution in [2.24, 2.45) is 5.41 Å². The third-order valence-corrected chi connectivity index (χ3v) is 4.04. The highest BCUT2D eigenvalue weighted by molar-refractivity contribution is 6.06. The Balaban J connectivity index is 2.47. The molecule has 0 heterocycles. The van der Waals surface area contributed by atoms with Crippen LogP contribution in [0.15, 0.2) is 43.0 Å². The van der Waals surface area contributed by atoms with Gasteiger partial charge in [0, 0.05) is 12.3 Å². The molecule has 1 fully saturated rings. The predicted octanol–water partition coefficient (Wildman–Crippen LogP) is 3.26. The summed E-state index contributed by atoms with van der Waals surface area (Å²) in [5.41, 5.74) is -0.148. The van der Waals surface area contributed by atoms with Crippen molar-refractivity contribution in [3.05, 3.63) is 48.6 Å². The first-order valence-corrected chi connectivity index (χ1v) is 7.04. The van der Waals surface area contributed by atoms with Crippen LogP contribution in [0.4, 0.5) is 0 Å². The molecular weight excluding hydrogens is 252 g/mol. The fourth-order valence-corrected chi connectivity index (χ4v) is 3.10. The third-order valence-electron chi connectivity index (χ3n) is 4.04. The maximum atomic E-state index is 12.5. The zero-order valence-corrected chi connectivity index (χ0v) is 11.8. The number of ether oxygens (including phenoxy) is 1. The van der Waals surface area contributed by atoms with Gasteiger partial charge in [0.25, 0.3) is 0 Å². The maximum absolute atomic E-state index is 12.5. The van der Waals surface area contributed by atoms with E-state index in [1.54, 1.807) is 13.0 Å². The number of hydrogen-bond donors (Lipinski definition) is 0. The Kier molecular flexibility index (Phi) is 4.38. The molecule has 3 heteroatoms. The summed E-state index contributed by atoms with van der Waals surface area (Å²) >= 11 is 0. The highest BCUT2D eigenvalue weighted by Gasteiger charge is 2.54. The lowest BCUT2D eigenvalue weighted by Crippen LogP contribution is -2.41. The molecule has 0 saturated heterocycles. The number of benzene rings is 1. The van der Waals surface area contributed by atoms with Gasteiger partial charge in [0.1, 0.15) is 5.41 Å². The van der Waals surface area contributed by atoms with Crippen molar-refractivity contribution in [1.82, 2.24) is 0 Å². The van der Waals surface area contributed by atoms with Crippen molar-refractivity contribution >= 4 is 11.8 Å². The molecule has 0 amide bonds. The molecule has 1 aliphatic carbocycles. The predicted molar refractivity (Wildman–Crippen MR) is 77.3 cm³/mol.